The zero-order valence-corrected chi connectivity index (χ0v) is 44.5. The summed E-state index contributed by atoms with van der Waals surface area (Å²) in [6, 6.07) is 76.9. The Morgan fingerprint density at radius 3 is 1.78 bits per heavy atom. The minimum absolute atomic E-state index is 0.0743. The molecule has 78 heavy (non-hydrogen) atoms. The summed E-state index contributed by atoms with van der Waals surface area (Å²) in [6.07, 6.45) is 0. The molecule has 2 amide bonds. The van der Waals surface area contributed by atoms with E-state index in [1.807, 2.05) is 12.1 Å². The summed E-state index contributed by atoms with van der Waals surface area (Å²) in [5.74, 6) is 0. The highest BCUT2D eigenvalue weighted by Gasteiger charge is 2.56. The van der Waals surface area contributed by atoms with Crippen molar-refractivity contribution in [2.24, 2.45) is 0 Å². The number of para-hydroxylation sites is 1. The quantitative estimate of drug-likeness (QED) is 0.162. The number of nitrogens with zero attached hydrogens (tertiary/aromatic N) is 2. The van der Waals surface area contributed by atoms with E-state index in [4.69, 9.17) is 4.42 Å². The van der Waals surface area contributed by atoms with Crippen LogP contribution in [0.25, 0.3) is 65.7 Å². The first-order valence-corrected chi connectivity index (χ1v) is 27.7. The Morgan fingerprint density at radius 1 is 0.423 bits per heavy atom. The third-order valence-corrected chi connectivity index (χ3v) is 18.6. The monoisotopic (exact) mass is 998 g/mol. The maximum absolute atomic E-state index is 16.9. The summed E-state index contributed by atoms with van der Waals surface area (Å²) in [4.78, 5) is 21.1. The molecule has 4 nitrogen and oxygen atoms in total. The molecule has 12 aromatic rings. The predicted molar refractivity (Wildman–Crippen MR) is 327 cm³/mol. The first-order chi connectivity index (χ1) is 37.9. The van der Waals surface area contributed by atoms with Crippen LogP contribution in [0.5, 0.6) is 0 Å². The highest BCUT2D eigenvalue weighted by atomic mass is 16.3. The predicted octanol–water partition coefficient (Wildman–Crippen LogP) is 13.9. The van der Waals surface area contributed by atoms with Crippen LogP contribution in [0, 0.1) is 0 Å². The van der Waals surface area contributed by atoms with E-state index >= 15 is 4.79 Å². The number of benzene rings is 11. The standard InChI is InChI=1S/C72H52B2N2O2/c1-70(2,3)43-29-31-47-48-32-30-44(71(4,5)6)38-55(48)72(54(47)37-43)52-24-14-12-23-50(52)65-53(72)33-36-60-66(65)73(45-19-8-7-9-20-45)57-34-27-42-28-35-58-68-64(42)67(57)75(60)69(77)76(68)61-39-51-49-22-13-15-26-62(49)78-63(51)40-59(61)74(58)56-25-16-18-41-17-10-11-21-46(41)56/h7-40H,1-6H3. The normalized spacial score (nSPS) is 15.1. The van der Waals surface area contributed by atoms with Crippen molar-refractivity contribution in [3.63, 3.8) is 0 Å². The van der Waals surface area contributed by atoms with Crippen molar-refractivity contribution >= 4 is 118 Å². The van der Waals surface area contributed by atoms with E-state index in [0.29, 0.717) is 0 Å². The van der Waals surface area contributed by atoms with Gasteiger partial charge in [0.1, 0.15) is 11.2 Å². The van der Waals surface area contributed by atoms with Gasteiger partial charge in [-0.05, 0) is 129 Å². The maximum atomic E-state index is 16.9. The molecular weight excluding hydrogens is 946 g/mol. The second-order valence-electron chi connectivity index (χ2n) is 24.6. The highest BCUT2D eigenvalue weighted by molar-refractivity contribution is 7.01. The van der Waals surface area contributed by atoms with Crippen LogP contribution in [-0.2, 0) is 16.2 Å². The van der Waals surface area contributed by atoms with Crippen molar-refractivity contribution in [3.05, 3.63) is 240 Å². The van der Waals surface area contributed by atoms with Crippen molar-refractivity contribution in [1.29, 1.82) is 0 Å². The molecule has 0 N–H and O–H groups in total. The summed E-state index contributed by atoms with van der Waals surface area (Å²) < 4.78 is 6.71. The fourth-order valence-electron chi connectivity index (χ4n) is 15.2. The van der Waals surface area contributed by atoms with Crippen molar-refractivity contribution < 1.29 is 9.21 Å². The van der Waals surface area contributed by atoms with Gasteiger partial charge in [0.05, 0.1) is 16.8 Å². The van der Waals surface area contributed by atoms with E-state index in [0.717, 1.165) is 71.8 Å². The fraction of sp³-hybridized carbons (Fsp3) is 0.125. The number of anilines is 4. The average molecular weight is 999 g/mol. The lowest BCUT2D eigenvalue weighted by Crippen LogP contribution is -2.64. The number of hydrogen-bond donors (Lipinski definition) is 0. The Labute approximate surface area is 454 Å². The largest absolute Gasteiger partial charge is 0.456 e. The highest BCUT2D eigenvalue weighted by Crippen LogP contribution is 2.64. The number of furan rings is 1. The van der Waals surface area contributed by atoms with Gasteiger partial charge in [-0.25, -0.2) is 4.79 Å². The van der Waals surface area contributed by atoms with Crippen LogP contribution in [-0.4, -0.2) is 19.5 Å². The average Bonchev–Trinajstić information content (AvgIpc) is 2.35. The number of carbonyl (C=O) groups is 1. The van der Waals surface area contributed by atoms with Crippen molar-refractivity contribution in [2.45, 2.75) is 57.8 Å². The van der Waals surface area contributed by atoms with Crippen LogP contribution < -0.4 is 42.6 Å². The van der Waals surface area contributed by atoms with Crippen LogP contribution in [0.3, 0.4) is 0 Å². The van der Waals surface area contributed by atoms with E-state index in [2.05, 4.69) is 245 Å². The van der Waals surface area contributed by atoms with E-state index in [1.54, 1.807) is 0 Å². The number of fused-ring (bicyclic) bond motifs is 19. The van der Waals surface area contributed by atoms with Crippen LogP contribution in [0.15, 0.2) is 211 Å². The molecular formula is C72H52B2N2O2. The third-order valence-electron chi connectivity index (χ3n) is 18.6. The van der Waals surface area contributed by atoms with Crippen LogP contribution in [0.1, 0.15) is 74.9 Å². The molecule has 5 aliphatic rings. The van der Waals surface area contributed by atoms with Gasteiger partial charge in [0.2, 0.25) is 13.4 Å². The van der Waals surface area contributed by atoms with Crippen LogP contribution in [0.2, 0.25) is 0 Å². The molecule has 0 atom stereocenters. The Hall–Kier alpha value is -8.86. The summed E-state index contributed by atoms with van der Waals surface area (Å²) in [7, 11) is 0. The molecule has 1 spiro atoms. The second kappa shape index (κ2) is 15.0. The van der Waals surface area contributed by atoms with Gasteiger partial charge in [-0.3, -0.25) is 9.80 Å². The first-order valence-electron chi connectivity index (χ1n) is 27.7. The van der Waals surface area contributed by atoms with Crippen LogP contribution >= 0.6 is 0 Å². The number of amides is 2. The summed E-state index contributed by atoms with van der Waals surface area (Å²) in [5.41, 5.74) is 24.4. The van der Waals surface area contributed by atoms with E-state index in [1.165, 1.54) is 82.8 Å². The zero-order valence-electron chi connectivity index (χ0n) is 44.5. The molecule has 368 valence electrons. The molecule has 2 aliphatic carbocycles. The van der Waals surface area contributed by atoms with Gasteiger partial charge in [0.15, 0.2) is 0 Å². The SMILES string of the molecule is CC(C)(C)c1ccc2c(c1)C1(c3cc(C(C)(C)C)ccc3-2)c2ccccc2-c2c1ccc1c2B(c2ccccc2)c2ccc3ccc4c5c3c2N1C(=O)N5c1cc2c(cc1B4c1cccc3ccccc13)oc1ccccc12. The third kappa shape index (κ3) is 5.50. The van der Waals surface area contributed by atoms with Crippen LogP contribution in [0.4, 0.5) is 27.5 Å². The van der Waals surface area contributed by atoms with E-state index < -0.39 is 5.41 Å². The molecule has 17 rings (SSSR count). The lowest BCUT2D eigenvalue weighted by Gasteiger charge is -2.47. The van der Waals surface area contributed by atoms with Gasteiger partial charge in [-0.2, -0.15) is 0 Å². The Morgan fingerprint density at radius 2 is 1.05 bits per heavy atom. The Bertz CT molecular complexity index is 4640. The van der Waals surface area contributed by atoms with Gasteiger partial charge >= 0.3 is 6.03 Å². The molecule has 3 aliphatic heterocycles. The molecule has 1 aromatic heterocycles. The topological polar surface area (TPSA) is 36.7 Å². The van der Waals surface area contributed by atoms with Gasteiger partial charge < -0.3 is 4.42 Å². The zero-order chi connectivity index (χ0) is 52.3. The van der Waals surface area contributed by atoms with Gasteiger partial charge in [-0.15, -0.1) is 0 Å². The number of carbonyl (C=O) groups excluding carboxylic acids is 1. The molecule has 4 heterocycles. The minimum atomic E-state index is -0.617. The number of urea groups is 1. The number of rotatable bonds is 2. The smallest absolute Gasteiger partial charge is 0.338 e. The summed E-state index contributed by atoms with van der Waals surface area (Å²) >= 11 is 0. The lowest BCUT2D eigenvalue weighted by molar-refractivity contribution is 0.255. The molecule has 6 heteroatoms. The number of hydrogen-bond acceptors (Lipinski definition) is 2. The Kier molecular flexibility index (Phi) is 8.51. The van der Waals surface area contributed by atoms with Crippen molar-refractivity contribution in [1.82, 2.24) is 0 Å². The van der Waals surface area contributed by atoms with Crippen molar-refractivity contribution in [2.75, 3.05) is 9.80 Å². The molecule has 0 bridgehead atoms. The molecule has 0 radical (unpaired) electrons. The van der Waals surface area contributed by atoms with Crippen molar-refractivity contribution in [3.8, 4) is 22.3 Å². The Balaban J connectivity index is 0.998. The second-order valence-corrected chi connectivity index (χ2v) is 24.6. The van der Waals surface area contributed by atoms with Gasteiger partial charge in [0.25, 0.3) is 0 Å². The maximum Gasteiger partial charge on any atom is 0.338 e. The summed E-state index contributed by atoms with van der Waals surface area (Å²) in [6.45, 7) is 13.6. The van der Waals surface area contributed by atoms with Gasteiger partial charge in [-0.1, -0.05) is 234 Å². The molecule has 0 unspecified atom stereocenters. The molecule has 0 saturated heterocycles. The fourth-order valence-corrected chi connectivity index (χ4v) is 15.2. The molecule has 0 fully saturated rings. The van der Waals surface area contributed by atoms with E-state index in [9.17, 15) is 0 Å². The summed E-state index contributed by atoms with van der Waals surface area (Å²) in [5, 5.41) is 6.61. The molecule has 0 saturated carbocycles. The van der Waals surface area contributed by atoms with Gasteiger partial charge in [0, 0.05) is 27.5 Å². The van der Waals surface area contributed by atoms with E-state index in [-0.39, 0.29) is 30.3 Å². The molecule has 11 aromatic carbocycles. The lowest BCUT2D eigenvalue weighted by atomic mass is 9.33. The first kappa shape index (κ1) is 44.3. The minimum Gasteiger partial charge on any atom is -0.456 e.